The molecule has 1 unspecified atom stereocenters. The molecule has 0 saturated carbocycles. The van der Waals surface area contributed by atoms with Gasteiger partial charge in [0.1, 0.15) is 17.4 Å². The van der Waals surface area contributed by atoms with Crippen molar-refractivity contribution >= 4 is 23.3 Å². The molecule has 1 saturated heterocycles. The molecule has 8 nitrogen and oxygen atoms in total. The smallest absolute Gasteiger partial charge is 0.411 e. The summed E-state index contributed by atoms with van der Waals surface area (Å²) in [6.07, 6.45) is -1.22. The first kappa shape index (κ1) is 24.0. The lowest BCUT2D eigenvalue weighted by molar-refractivity contribution is -0.126. The minimum absolute atomic E-state index is 0.0631. The van der Waals surface area contributed by atoms with Crippen molar-refractivity contribution in [1.29, 1.82) is 0 Å². The molecule has 0 spiro atoms. The van der Waals surface area contributed by atoms with Crippen LogP contribution in [0, 0.1) is 6.92 Å². The highest BCUT2D eigenvalue weighted by atomic mass is 32.1. The van der Waals surface area contributed by atoms with E-state index in [0.29, 0.717) is 5.75 Å². The highest BCUT2D eigenvalue weighted by Gasteiger charge is 2.41. The Morgan fingerprint density at radius 2 is 2.06 bits per heavy atom. The van der Waals surface area contributed by atoms with Gasteiger partial charge in [0.15, 0.2) is 0 Å². The van der Waals surface area contributed by atoms with Crippen LogP contribution in [0.15, 0.2) is 23.7 Å². The number of ether oxygens (including phenoxy) is 2. The number of likely N-dealkylation sites (tertiary alicyclic amines) is 1. The van der Waals surface area contributed by atoms with E-state index in [-0.39, 0.29) is 24.9 Å². The third kappa shape index (κ3) is 5.39. The van der Waals surface area contributed by atoms with E-state index < -0.39 is 23.8 Å². The normalized spacial score (nSPS) is 19.5. The Morgan fingerprint density at radius 1 is 1.34 bits per heavy atom. The van der Waals surface area contributed by atoms with Gasteiger partial charge in [0.25, 0.3) is 0 Å². The highest BCUT2D eigenvalue weighted by molar-refractivity contribution is 7.13. The summed E-state index contributed by atoms with van der Waals surface area (Å²) in [5, 5.41) is 13.0. The SMILES string of the molecule is COc1cc(-c2scnc2C)ccc1C(C)NC(=O)[C@@H]1C[C@@H](O)CN1C(=O)OC(C)(C)C. The highest BCUT2D eigenvalue weighted by Crippen LogP contribution is 2.34. The molecular weight excluding hydrogens is 430 g/mol. The Hall–Kier alpha value is -2.65. The number of hydrogen-bond acceptors (Lipinski definition) is 7. The van der Waals surface area contributed by atoms with Crippen LogP contribution >= 0.6 is 11.3 Å². The molecule has 2 N–H and O–H groups in total. The Balaban J connectivity index is 1.75. The molecule has 1 aliphatic rings. The fourth-order valence-electron chi connectivity index (χ4n) is 3.76. The maximum absolute atomic E-state index is 13.0. The third-order valence-corrected chi connectivity index (χ3v) is 6.25. The topological polar surface area (TPSA) is 101 Å². The molecule has 3 rings (SSSR count). The number of hydrogen-bond donors (Lipinski definition) is 2. The molecule has 9 heteroatoms. The quantitative estimate of drug-likeness (QED) is 0.705. The Kier molecular flexibility index (Phi) is 7.09. The molecule has 1 aromatic heterocycles. The first-order valence-corrected chi connectivity index (χ1v) is 11.4. The monoisotopic (exact) mass is 461 g/mol. The number of aliphatic hydroxyl groups is 1. The van der Waals surface area contributed by atoms with Crippen LogP contribution in [0.25, 0.3) is 10.4 Å². The van der Waals surface area contributed by atoms with E-state index in [2.05, 4.69) is 10.3 Å². The van der Waals surface area contributed by atoms with Gasteiger partial charge in [-0.3, -0.25) is 9.69 Å². The van der Waals surface area contributed by atoms with Gasteiger partial charge in [-0.25, -0.2) is 9.78 Å². The summed E-state index contributed by atoms with van der Waals surface area (Å²) in [6.45, 7) is 9.17. The van der Waals surface area contributed by atoms with Gasteiger partial charge in [0.05, 0.1) is 41.9 Å². The number of rotatable bonds is 5. The molecule has 174 valence electrons. The number of aryl methyl sites for hydroxylation is 1. The van der Waals surface area contributed by atoms with Crippen molar-refractivity contribution in [3.63, 3.8) is 0 Å². The number of amides is 2. The zero-order chi connectivity index (χ0) is 23.6. The number of carbonyl (C=O) groups excluding carboxylic acids is 2. The van der Waals surface area contributed by atoms with Gasteiger partial charge < -0.3 is 19.9 Å². The number of nitrogens with one attached hydrogen (secondary N) is 1. The van der Waals surface area contributed by atoms with Crippen molar-refractivity contribution in [2.45, 2.75) is 64.8 Å². The second kappa shape index (κ2) is 9.46. The fraction of sp³-hybridized carbons (Fsp3) is 0.522. The number of aliphatic hydroxyl groups excluding tert-OH is 1. The third-order valence-electron chi connectivity index (χ3n) is 5.28. The van der Waals surface area contributed by atoms with E-state index in [1.54, 1.807) is 44.7 Å². The predicted molar refractivity (Wildman–Crippen MR) is 123 cm³/mol. The van der Waals surface area contributed by atoms with Crippen LogP contribution in [-0.2, 0) is 9.53 Å². The van der Waals surface area contributed by atoms with E-state index in [1.807, 2.05) is 32.0 Å². The second-order valence-corrected chi connectivity index (χ2v) is 9.85. The molecule has 32 heavy (non-hydrogen) atoms. The molecule has 1 aromatic carbocycles. The summed E-state index contributed by atoms with van der Waals surface area (Å²) in [5.74, 6) is 0.308. The number of aromatic nitrogens is 1. The summed E-state index contributed by atoms with van der Waals surface area (Å²) in [5.41, 5.74) is 3.88. The lowest BCUT2D eigenvalue weighted by Gasteiger charge is -2.28. The standard InChI is InChI=1S/C23H31N3O5S/c1-13(17-8-7-15(9-19(17)30-6)20-14(2)24-12-32-20)25-21(28)18-10-16(27)11-26(18)22(29)31-23(3,4)5/h7-9,12-13,16,18,27H,10-11H2,1-6H3,(H,25,28)/t13?,16-,18+/m1/s1. The van der Waals surface area contributed by atoms with Gasteiger partial charge in [-0.2, -0.15) is 0 Å². The van der Waals surface area contributed by atoms with Crippen molar-refractivity contribution < 1.29 is 24.2 Å². The van der Waals surface area contributed by atoms with Gasteiger partial charge in [-0.1, -0.05) is 12.1 Å². The van der Waals surface area contributed by atoms with Crippen LogP contribution in [0.5, 0.6) is 5.75 Å². The van der Waals surface area contributed by atoms with Gasteiger partial charge in [0, 0.05) is 12.0 Å². The lowest BCUT2D eigenvalue weighted by atomic mass is 10.0. The number of β-amino-alcohol motifs (C(OH)–C–C–N with tert-alkyl or cyclic N) is 1. The van der Waals surface area contributed by atoms with E-state index in [1.165, 1.54) is 4.90 Å². The van der Waals surface area contributed by atoms with Crippen molar-refractivity contribution in [3.8, 4) is 16.2 Å². The number of thiazole rings is 1. The summed E-state index contributed by atoms with van der Waals surface area (Å²) < 4.78 is 11.0. The minimum Gasteiger partial charge on any atom is -0.496 e. The maximum Gasteiger partial charge on any atom is 0.411 e. The average molecular weight is 462 g/mol. The molecular formula is C23H31N3O5S. The molecule has 2 aromatic rings. The summed E-state index contributed by atoms with van der Waals surface area (Å²) >= 11 is 1.56. The van der Waals surface area contributed by atoms with E-state index >= 15 is 0 Å². The molecule has 1 fully saturated rings. The first-order valence-electron chi connectivity index (χ1n) is 10.6. The Labute approximate surface area is 192 Å². The number of nitrogens with zero attached hydrogens (tertiary/aromatic N) is 2. The summed E-state index contributed by atoms with van der Waals surface area (Å²) in [4.78, 5) is 32.2. The van der Waals surface area contributed by atoms with Gasteiger partial charge in [-0.05, 0) is 46.2 Å². The first-order chi connectivity index (χ1) is 15.0. The van der Waals surface area contributed by atoms with Crippen LogP contribution in [0.3, 0.4) is 0 Å². The molecule has 0 aliphatic carbocycles. The average Bonchev–Trinajstić information content (AvgIpc) is 3.31. The van der Waals surface area contributed by atoms with Crippen molar-refractivity contribution in [2.24, 2.45) is 0 Å². The van der Waals surface area contributed by atoms with Crippen molar-refractivity contribution in [1.82, 2.24) is 15.2 Å². The second-order valence-electron chi connectivity index (χ2n) is 8.99. The summed E-state index contributed by atoms with van der Waals surface area (Å²) in [6, 6.07) is 4.67. The Morgan fingerprint density at radius 3 is 2.66 bits per heavy atom. The van der Waals surface area contributed by atoms with Crippen LogP contribution < -0.4 is 10.1 Å². The number of carbonyl (C=O) groups is 2. The number of methoxy groups -OCH3 is 1. The maximum atomic E-state index is 13.0. The van der Waals surface area contributed by atoms with E-state index in [9.17, 15) is 14.7 Å². The Bertz CT molecular complexity index is 984. The largest absolute Gasteiger partial charge is 0.496 e. The molecule has 3 atom stereocenters. The molecule has 2 amide bonds. The zero-order valence-electron chi connectivity index (χ0n) is 19.3. The van der Waals surface area contributed by atoms with Crippen LogP contribution in [0.2, 0.25) is 0 Å². The van der Waals surface area contributed by atoms with Gasteiger partial charge in [0.2, 0.25) is 5.91 Å². The van der Waals surface area contributed by atoms with Crippen LogP contribution in [0.1, 0.15) is 51.4 Å². The van der Waals surface area contributed by atoms with Crippen molar-refractivity contribution in [2.75, 3.05) is 13.7 Å². The fourth-order valence-corrected chi connectivity index (χ4v) is 4.56. The van der Waals surface area contributed by atoms with Gasteiger partial charge >= 0.3 is 6.09 Å². The van der Waals surface area contributed by atoms with Crippen LogP contribution in [-0.4, -0.2) is 58.4 Å². The predicted octanol–water partition coefficient (Wildman–Crippen LogP) is 3.67. The minimum atomic E-state index is -0.799. The lowest BCUT2D eigenvalue weighted by Crippen LogP contribution is -2.48. The molecule has 0 radical (unpaired) electrons. The van der Waals surface area contributed by atoms with Gasteiger partial charge in [-0.15, -0.1) is 11.3 Å². The summed E-state index contributed by atoms with van der Waals surface area (Å²) in [7, 11) is 1.59. The zero-order valence-corrected chi connectivity index (χ0v) is 20.2. The molecule has 0 bridgehead atoms. The van der Waals surface area contributed by atoms with E-state index in [0.717, 1.165) is 21.7 Å². The van der Waals surface area contributed by atoms with Crippen molar-refractivity contribution in [3.05, 3.63) is 35.0 Å². The van der Waals surface area contributed by atoms with E-state index in [4.69, 9.17) is 9.47 Å². The molecule has 1 aliphatic heterocycles. The van der Waals surface area contributed by atoms with Crippen LogP contribution in [0.4, 0.5) is 4.79 Å². The molecule has 2 heterocycles. The number of benzene rings is 1.